The van der Waals surface area contributed by atoms with Crippen LogP contribution in [0.15, 0.2) is 24.3 Å². The Labute approximate surface area is 178 Å². The van der Waals surface area contributed by atoms with Gasteiger partial charge in [-0.15, -0.1) is 0 Å². The summed E-state index contributed by atoms with van der Waals surface area (Å²) < 4.78 is 5.26. The first-order valence-corrected chi connectivity index (χ1v) is 11.4. The number of imide groups is 1. The van der Waals surface area contributed by atoms with Crippen LogP contribution in [0.5, 0.6) is 5.75 Å². The molecule has 3 atom stereocenters. The van der Waals surface area contributed by atoms with Gasteiger partial charge in [-0.3, -0.25) is 19.3 Å². The van der Waals surface area contributed by atoms with E-state index in [0.29, 0.717) is 0 Å². The molecule has 3 aliphatic rings. The number of likely N-dealkylation sites (tertiary alicyclic amines) is 2. The molecule has 6 nitrogen and oxygen atoms in total. The third-order valence-corrected chi connectivity index (χ3v) is 7.06. The average molecular weight is 413 g/mol. The van der Waals surface area contributed by atoms with Gasteiger partial charge in [0, 0.05) is 19.5 Å². The molecule has 2 heterocycles. The van der Waals surface area contributed by atoms with Crippen LogP contribution in [0.2, 0.25) is 0 Å². The van der Waals surface area contributed by atoms with Crippen LogP contribution in [0.3, 0.4) is 0 Å². The zero-order chi connectivity index (χ0) is 21.1. The summed E-state index contributed by atoms with van der Waals surface area (Å²) in [4.78, 5) is 42.0. The fraction of sp³-hybridized carbons (Fsp3) is 0.625. The average Bonchev–Trinajstić information content (AvgIpc) is 2.94. The lowest BCUT2D eigenvalue weighted by Crippen LogP contribution is -2.39. The van der Waals surface area contributed by atoms with E-state index in [0.717, 1.165) is 69.2 Å². The Hall–Kier alpha value is -2.37. The van der Waals surface area contributed by atoms with Gasteiger partial charge in [0.15, 0.2) is 0 Å². The second-order valence-electron chi connectivity index (χ2n) is 8.80. The number of fused-ring (bicyclic) bond motifs is 1. The Kier molecular flexibility index (Phi) is 6.40. The first-order valence-electron chi connectivity index (χ1n) is 11.4. The predicted octanol–water partition coefficient (Wildman–Crippen LogP) is 3.70. The molecule has 3 amide bonds. The van der Waals surface area contributed by atoms with Crippen molar-refractivity contribution in [2.45, 2.75) is 63.8 Å². The van der Waals surface area contributed by atoms with Crippen LogP contribution in [-0.4, -0.2) is 47.7 Å². The number of amides is 3. The number of carbonyl (C=O) groups excluding carboxylic acids is 3. The Morgan fingerprint density at radius 2 is 1.57 bits per heavy atom. The number of hydrogen-bond donors (Lipinski definition) is 0. The zero-order valence-electron chi connectivity index (χ0n) is 17.8. The van der Waals surface area contributed by atoms with Crippen molar-refractivity contribution in [1.82, 2.24) is 9.80 Å². The molecule has 1 saturated carbocycles. The summed E-state index contributed by atoms with van der Waals surface area (Å²) in [6.45, 7) is 0.942. The number of rotatable bonds is 5. The van der Waals surface area contributed by atoms with E-state index in [-0.39, 0.29) is 48.6 Å². The lowest BCUT2D eigenvalue weighted by molar-refractivity contribution is -0.141. The SMILES string of the molecule is COc1ccc([C@H]2CCCCCN2C(=O)CCN2C(=O)[C@H]3CCCC[C@H]3C2=O)cc1. The van der Waals surface area contributed by atoms with Crippen LogP contribution in [-0.2, 0) is 14.4 Å². The molecule has 0 radical (unpaired) electrons. The molecule has 1 aliphatic carbocycles. The number of carbonyl (C=O) groups is 3. The first-order chi connectivity index (χ1) is 14.6. The second-order valence-corrected chi connectivity index (χ2v) is 8.80. The maximum absolute atomic E-state index is 13.2. The Bertz CT molecular complexity index is 767. The second kappa shape index (κ2) is 9.19. The van der Waals surface area contributed by atoms with Gasteiger partial charge in [0.1, 0.15) is 5.75 Å². The molecular formula is C24H32N2O4. The quantitative estimate of drug-likeness (QED) is 0.692. The van der Waals surface area contributed by atoms with E-state index in [4.69, 9.17) is 4.74 Å². The lowest BCUT2D eigenvalue weighted by atomic mass is 9.81. The summed E-state index contributed by atoms with van der Waals surface area (Å²) in [5.41, 5.74) is 1.12. The number of ether oxygens (including phenoxy) is 1. The molecule has 0 spiro atoms. The van der Waals surface area contributed by atoms with Gasteiger partial charge in [-0.2, -0.15) is 0 Å². The van der Waals surface area contributed by atoms with Gasteiger partial charge < -0.3 is 9.64 Å². The third-order valence-electron chi connectivity index (χ3n) is 7.06. The summed E-state index contributed by atoms with van der Waals surface area (Å²) in [6.07, 6.45) is 8.00. The van der Waals surface area contributed by atoms with Crippen molar-refractivity contribution in [1.29, 1.82) is 0 Å². The van der Waals surface area contributed by atoms with Crippen LogP contribution in [0.25, 0.3) is 0 Å². The van der Waals surface area contributed by atoms with E-state index in [2.05, 4.69) is 0 Å². The summed E-state index contributed by atoms with van der Waals surface area (Å²) >= 11 is 0. The van der Waals surface area contributed by atoms with Crippen molar-refractivity contribution < 1.29 is 19.1 Å². The molecule has 162 valence electrons. The zero-order valence-corrected chi connectivity index (χ0v) is 17.8. The minimum Gasteiger partial charge on any atom is -0.497 e. The molecule has 3 fully saturated rings. The molecular weight excluding hydrogens is 380 g/mol. The molecule has 0 N–H and O–H groups in total. The highest BCUT2D eigenvalue weighted by Crippen LogP contribution is 2.38. The smallest absolute Gasteiger partial charge is 0.233 e. The predicted molar refractivity (Wildman–Crippen MR) is 113 cm³/mol. The Balaban J connectivity index is 1.43. The lowest BCUT2D eigenvalue weighted by Gasteiger charge is -2.31. The highest BCUT2D eigenvalue weighted by molar-refractivity contribution is 6.05. The normalized spacial score (nSPS) is 27.0. The maximum Gasteiger partial charge on any atom is 0.233 e. The molecule has 4 rings (SSSR count). The largest absolute Gasteiger partial charge is 0.497 e. The Morgan fingerprint density at radius 3 is 2.20 bits per heavy atom. The van der Waals surface area contributed by atoms with Crippen molar-refractivity contribution in [2.24, 2.45) is 11.8 Å². The standard InChI is InChI=1S/C24H32N2O4/c1-30-18-12-10-17(11-13-18)21-9-3-2-6-15-25(21)22(27)14-16-26-23(28)19-7-4-5-8-20(19)24(26)29/h10-13,19-21H,2-9,14-16H2,1H3/t19-,20+,21-/m1/s1. The monoisotopic (exact) mass is 412 g/mol. The number of benzene rings is 1. The summed E-state index contributed by atoms with van der Waals surface area (Å²) in [6, 6.07) is 7.98. The van der Waals surface area contributed by atoms with Crippen molar-refractivity contribution in [3.05, 3.63) is 29.8 Å². The van der Waals surface area contributed by atoms with Crippen LogP contribution >= 0.6 is 0 Å². The molecule has 2 aliphatic heterocycles. The van der Waals surface area contributed by atoms with Crippen LogP contribution < -0.4 is 4.74 Å². The van der Waals surface area contributed by atoms with E-state index in [1.807, 2.05) is 29.2 Å². The van der Waals surface area contributed by atoms with Crippen LogP contribution in [0.4, 0.5) is 0 Å². The van der Waals surface area contributed by atoms with E-state index in [9.17, 15) is 14.4 Å². The fourth-order valence-electron chi connectivity index (χ4n) is 5.38. The van der Waals surface area contributed by atoms with E-state index in [1.54, 1.807) is 7.11 Å². The van der Waals surface area contributed by atoms with Crippen molar-refractivity contribution >= 4 is 17.7 Å². The van der Waals surface area contributed by atoms with Crippen LogP contribution in [0, 0.1) is 11.8 Å². The van der Waals surface area contributed by atoms with E-state index >= 15 is 0 Å². The van der Waals surface area contributed by atoms with Gasteiger partial charge >= 0.3 is 0 Å². The van der Waals surface area contributed by atoms with Gasteiger partial charge in [0.25, 0.3) is 0 Å². The summed E-state index contributed by atoms with van der Waals surface area (Å²) in [7, 11) is 1.65. The van der Waals surface area contributed by atoms with Gasteiger partial charge in [0.05, 0.1) is 25.0 Å². The molecule has 6 heteroatoms. The first kappa shape index (κ1) is 20.9. The maximum atomic E-state index is 13.2. The van der Waals surface area contributed by atoms with E-state index < -0.39 is 0 Å². The molecule has 1 aromatic rings. The minimum absolute atomic E-state index is 0.0354. The number of nitrogens with zero attached hydrogens (tertiary/aromatic N) is 2. The topological polar surface area (TPSA) is 66.9 Å². The number of hydrogen-bond acceptors (Lipinski definition) is 4. The highest BCUT2D eigenvalue weighted by atomic mass is 16.5. The fourth-order valence-corrected chi connectivity index (χ4v) is 5.38. The molecule has 1 aromatic carbocycles. The van der Waals surface area contributed by atoms with Crippen molar-refractivity contribution in [2.75, 3.05) is 20.2 Å². The molecule has 0 bridgehead atoms. The molecule has 30 heavy (non-hydrogen) atoms. The molecule has 0 aromatic heterocycles. The van der Waals surface area contributed by atoms with Crippen LogP contribution in [0.1, 0.15) is 69.4 Å². The van der Waals surface area contributed by atoms with Gasteiger partial charge in [0.2, 0.25) is 17.7 Å². The van der Waals surface area contributed by atoms with Crippen molar-refractivity contribution in [3.8, 4) is 5.75 Å². The number of methoxy groups -OCH3 is 1. The van der Waals surface area contributed by atoms with Gasteiger partial charge in [-0.25, -0.2) is 0 Å². The molecule has 0 unspecified atom stereocenters. The van der Waals surface area contributed by atoms with E-state index in [1.165, 1.54) is 4.90 Å². The summed E-state index contributed by atoms with van der Waals surface area (Å²) in [5, 5.41) is 0. The minimum atomic E-state index is -0.147. The Morgan fingerprint density at radius 1 is 0.933 bits per heavy atom. The van der Waals surface area contributed by atoms with Gasteiger partial charge in [-0.05, 0) is 43.4 Å². The molecule has 2 saturated heterocycles. The van der Waals surface area contributed by atoms with Crippen molar-refractivity contribution in [3.63, 3.8) is 0 Å². The van der Waals surface area contributed by atoms with Gasteiger partial charge in [-0.1, -0.05) is 37.8 Å². The summed E-state index contributed by atoms with van der Waals surface area (Å²) in [5.74, 6) is 0.435. The highest BCUT2D eigenvalue weighted by Gasteiger charge is 2.48. The third kappa shape index (κ3) is 4.09.